The second-order valence-corrected chi connectivity index (χ2v) is 6.96. The smallest absolute Gasteiger partial charge is 0.227 e. The summed E-state index contributed by atoms with van der Waals surface area (Å²) in [6.07, 6.45) is 0.253. The van der Waals surface area contributed by atoms with E-state index in [1.54, 1.807) is 4.90 Å². The highest BCUT2D eigenvalue weighted by atomic mass is 16.2. The molecule has 2 atom stereocenters. The van der Waals surface area contributed by atoms with Crippen molar-refractivity contribution in [2.75, 3.05) is 30.4 Å². The average Bonchev–Trinajstić information content (AvgIpc) is 3.04. The van der Waals surface area contributed by atoms with Crippen LogP contribution in [0.3, 0.4) is 0 Å². The molecule has 1 heterocycles. The number of carbonyl (C=O) groups is 2. The first-order chi connectivity index (χ1) is 12.5. The molecule has 2 amide bonds. The highest BCUT2D eigenvalue weighted by molar-refractivity contribution is 6.00. The third-order valence-corrected chi connectivity index (χ3v) is 4.83. The minimum atomic E-state index is -0.317. The Bertz CT molecular complexity index is 772. The Kier molecular flexibility index (Phi) is 5.26. The number of rotatable bonds is 5. The summed E-state index contributed by atoms with van der Waals surface area (Å²) in [5.41, 5.74) is 2.97. The molecule has 2 unspecified atom stereocenters. The lowest BCUT2D eigenvalue weighted by Crippen LogP contribution is -2.34. The minimum Gasteiger partial charge on any atom is -0.378 e. The molecule has 5 heteroatoms. The summed E-state index contributed by atoms with van der Waals surface area (Å²) in [6.45, 7) is 2.38. The fourth-order valence-electron chi connectivity index (χ4n) is 3.22. The molecule has 1 saturated heterocycles. The summed E-state index contributed by atoms with van der Waals surface area (Å²) in [6, 6.07) is 17.6. The minimum absolute atomic E-state index is 0.00452. The summed E-state index contributed by atoms with van der Waals surface area (Å²) in [5, 5.41) is 3.03. The van der Waals surface area contributed by atoms with Crippen molar-refractivity contribution in [3.8, 4) is 0 Å². The number of nitrogens with one attached hydrogen (secondary N) is 1. The number of benzene rings is 2. The summed E-state index contributed by atoms with van der Waals surface area (Å²) < 4.78 is 0. The van der Waals surface area contributed by atoms with E-state index in [0.29, 0.717) is 6.54 Å². The van der Waals surface area contributed by atoms with Gasteiger partial charge < -0.3 is 15.1 Å². The largest absolute Gasteiger partial charge is 0.378 e. The number of hydrogen-bond donors (Lipinski definition) is 1. The van der Waals surface area contributed by atoms with Crippen LogP contribution < -0.4 is 15.1 Å². The van der Waals surface area contributed by atoms with Crippen LogP contribution in [-0.2, 0) is 9.59 Å². The van der Waals surface area contributed by atoms with Crippen molar-refractivity contribution in [1.82, 2.24) is 5.32 Å². The first-order valence-electron chi connectivity index (χ1n) is 8.89. The second kappa shape index (κ2) is 7.60. The maximum Gasteiger partial charge on any atom is 0.227 e. The molecular weight excluding hydrogens is 326 g/mol. The quantitative estimate of drug-likeness (QED) is 0.901. The van der Waals surface area contributed by atoms with E-state index in [1.165, 1.54) is 0 Å². The third-order valence-electron chi connectivity index (χ3n) is 4.83. The molecule has 0 aromatic heterocycles. The van der Waals surface area contributed by atoms with Crippen molar-refractivity contribution in [3.05, 3.63) is 60.2 Å². The van der Waals surface area contributed by atoms with Gasteiger partial charge in [0.1, 0.15) is 0 Å². The van der Waals surface area contributed by atoms with Gasteiger partial charge in [0.25, 0.3) is 0 Å². The number of hydrogen-bond acceptors (Lipinski definition) is 3. The van der Waals surface area contributed by atoms with Crippen molar-refractivity contribution in [1.29, 1.82) is 0 Å². The Balaban J connectivity index is 1.64. The van der Waals surface area contributed by atoms with Crippen LogP contribution in [0.2, 0.25) is 0 Å². The normalized spacial score (nSPS) is 17.9. The van der Waals surface area contributed by atoms with Gasteiger partial charge in [0.15, 0.2) is 0 Å². The number of amides is 2. The molecule has 0 spiro atoms. The lowest BCUT2D eigenvalue weighted by molar-refractivity contribution is -0.126. The third kappa shape index (κ3) is 3.87. The second-order valence-electron chi connectivity index (χ2n) is 6.96. The zero-order valence-corrected chi connectivity index (χ0v) is 15.5. The highest BCUT2D eigenvalue weighted by Gasteiger charge is 2.35. The molecule has 1 fully saturated rings. The van der Waals surface area contributed by atoms with Gasteiger partial charge in [0.05, 0.1) is 12.0 Å². The van der Waals surface area contributed by atoms with E-state index in [9.17, 15) is 9.59 Å². The van der Waals surface area contributed by atoms with E-state index < -0.39 is 0 Å². The van der Waals surface area contributed by atoms with E-state index >= 15 is 0 Å². The Morgan fingerprint density at radius 1 is 1.12 bits per heavy atom. The molecular formula is C21H25N3O2. The van der Waals surface area contributed by atoms with Gasteiger partial charge in [0, 0.05) is 38.4 Å². The zero-order chi connectivity index (χ0) is 18.7. The van der Waals surface area contributed by atoms with Crippen LogP contribution in [0, 0.1) is 5.92 Å². The lowest BCUT2D eigenvalue weighted by Gasteiger charge is -2.20. The van der Waals surface area contributed by atoms with Crippen LogP contribution in [0.1, 0.15) is 24.9 Å². The summed E-state index contributed by atoms with van der Waals surface area (Å²) in [7, 11) is 3.95. The Morgan fingerprint density at radius 3 is 2.38 bits per heavy atom. The predicted molar refractivity (Wildman–Crippen MR) is 104 cm³/mol. The summed E-state index contributed by atoms with van der Waals surface area (Å²) in [4.78, 5) is 28.7. The van der Waals surface area contributed by atoms with Crippen LogP contribution >= 0.6 is 0 Å². The van der Waals surface area contributed by atoms with E-state index in [0.717, 1.165) is 16.9 Å². The van der Waals surface area contributed by atoms with E-state index in [4.69, 9.17) is 0 Å². The molecule has 2 aromatic carbocycles. The average molecular weight is 351 g/mol. The summed E-state index contributed by atoms with van der Waals surface area (Å²) in [5.74, 6) is -0.389. The van der Waals surface area contributed by atoms with Crippen LogP contribution in [0.5, 0.6) is 0 Å². The van der Waals surface area contributed by atoms with Gasteiger partial charge in [-0.05, 0) is 36.8 Å². The van der Waals surface area contributed by atoms with Gasteiger partial charge in [-0.25, -0.2) is 0 Å². The molecule has 0 aliphatic carbocycles. The molecule has 1 aliphatic rings. The molecule has 5 nitrogen and oxygen atoms in total. The van der Waals surface area contributed by atoms with Gasteiger partial charge in [-0.1, -0.05) is 30.3 Å². The molecule has 136 valence electrons. The van der Waals surface area contributed by atoms with Gasteiger partial charge in [-0.3, -0.25) is 9.59 Å². The molecule has 3 rings (SSSR count). The Hall–Kier alpha value is -2.82. The van der Waals surface area contributed by atoms with Crippen LogP contribution in [0.4, 0.5) is 11.4 Å². The van der Waals surface area contributed by atoms with Crippen molar-refractivity contribution in [2.45, 2.75) is 19.4 Å². The van der Waals surface area contributed by atoms with Crippen molar-refractivity contribution in [3.63, 3.8) is 0 Å². The van der Waals surface area contributed by atoms with Crippen LogP contribution in [0.15, 0.2) is 54.6 Å². The fourth-order valence-corrected chi connectivity index (χ4v) is 3.22. The molecule has 1 aliphatic heterocycles. The Morgan fingerprint density at radius 2 is 1.77 bits per heavy atom. The number of nitrogens with zero attached hydrogens (tertiary/aromatic N) is 2. The van der Waals surface area contributed by atoms with Crippen molar-refractivity contribution >= 4 is 23.2 Å². The molecule has 2 aromatic rings. The van der Waals surface area contributed by atoms with Gasteiger partial charge in [0.2, 0.25) is 11.8 Å². The van der Waals surface area contributed by atoms with E-state index in [1.807, 2.05) is 80.5 Å². The fraction of sp³-hybridized carbons (Fsp3) is 0.333. The molecule has 26 heavy (non-hydrogen) atoms. The van der Waals surface area contributed by atoms with E-state index in [-0.39, 0.29) is 30.2 Å². The maximum absolute atomic E-state index is 12.6. The predicted octanol–water partition coefficient (Wildman–Crippen LogP) is 2.98. The zero-order valence-electron chi connectivity index (χ0n) is 15.5. The van der Waals surface area contributed by atoms with Gasteiger partial charge in [-0.2, -0.15) is 0 Å². The molecule has 1 N–H and O–H groups in total. The van der Waals surface area contributed by atoms with Crippen LogP contribution in [0.25, 0.3) is 0 Å². The molecule has 0 saturated carbocycles. The first kappa shape index (κ1) is 18.0. The molecule has 0 bridgehead atoms. The van der Waals surface area contributed by atoms with Gasteiger partial charge in [-0.15, -0.1) is 0 Å². The monoisotopic (exact) mass is 351 g/mol. The highest BCUT2D eigenvalue weighted by Crippen LogP contribution is 2.27. The van der Waals surface area contributed by atoms with Crippen molar-refractivity contribution in [2.24, 2.45) is 5.92 Å². The standard InChI is InChI=1S/C21H25N3O2/c1-15(16-7-5-4-6-8-16)22-21(26)17-13-20(25)24(14-17)19-11-9-18(10-12-19)23(2)3/h4-12,15,17H,13-14H2,1-3H3,(H,22,26). The van der Waals surface area contributed by atoms with Gasteiger partial charge >= 0.3 is 0 Å². The Labute approximate surface area is 154 Å². The first-order valence-corrected chi connectivity index (χ1v) is 8.89. The summed E-state index contributed by atoms with van der Waals surface area (Å²) >= 11 is 0. The SMILES string of the molecule is CC(NC(=O)C1CC(=O)N(c2ccc(N(C)C)cc2)C1)c1ccccc1. The van der Waals surface area contributed by atoms with Crippen LogP contribution in [-0.4, -0.2) is 32.5 Å². The number of carbonyl (C=O) groups excluding carboxylic acids is 2. The lowest BCUT2D eigenvalue weighted by atomic mass is 10.1. The topological polar surface area (TPSA) is 52.7 Å². The van der Waals surface area contributed by atoms with Crippen molar-refractivity contribution < 1.29 is 9.59 Å². The molecule has 0 radical (unpaired) electrons. The number of anilines is 2. The van der Waals surface area contributed by atoms with E-state index in [2.05, 4.69) is 5.32 Å². The maximum atomic E-state index is 12.6.